The van der Waals surface area contributed by atoms with Crippen molar-refractivity contribution in [3.05, 3.63) is 28.7 Å². The molecule has 1 aliphatic rings. The van der Waals surface area contributed by atoms with Crippen LogP contribution in [0.3, 0.4) is 0 Å². The fraction of sp³-hybridized carbons (Fsp3) is 0.538. The molecule has 16 heavy (non-hydrogen) atoms. The summed E-state index contributed by atoms with van der Waals surface area (Å²) in [5, 5.41) is 3.58. The van der Waals surface area contributed by atoms with Crippen LogP contribution in [-0.4, -0.2) is 25.2 Å². The van der Waals surface area contributed by atoms with E-state index in [2.05, 4.69) is 64.3 Å². The summed E-state index contributed by atoms with van der Waals surface area (Å²) in [4.78, 5) is 2.49. The summed E-state index contributed by atoms with van der Waals surface area (Å²) >= 11 is 3.64. The van der Waals surface area contributed by atoms with E-state index in [9.17, 15) is 0 Å². The normalized spacial score (nSPS) is 25.8. The van der Waals surface area contributed by atoms with Crippen molar-refractivity contribution in [1.29, 1.82) is 0 Å². The van der Waals surface area contributed by atoms with Crippen molar-refractivity contribution >= 4 is 21.6 Å². The molecule has 1 aromatic carbocycles. The van der Waals surface area contributed by atoms with E-state index >= 15 is 0 Å². The molecule has 0 bridgehead atoms. The van der Waals surface area contributed by atoms with Gasteiger partial charge in [0.15, 0.2) is 0 Å². The first-order valence-electron chi connectivity index (χ1n) is 5.97. The number of nitrogens with zero attached hydrogens (tertiary/aromatic N) is 1. The summed E-state index contributed by atoms with van der Waals surface area (Å²) in [7, 11) is 0. The maximum absolute atomic E-state index is 3.64. The van der Waals surface area contributed by atoms with E-state index in [-0.39, 0.29) is 0 Å². The Balaban J connectivity index is 2.21. The van der Waals surface area contributed by atoms with Gasteiger partial charge in [0.2, 0.25) is 0 Å². The number of hydrogen-bond acceptors (Lipinski definition) is 2. The fourth-order valence-corrected chi connectivity index (χ4v) is 2.74. The Morgan fingerprint density at radius 2 is 2.19 bits per heavy atom. The van der Waals surface area contributed by atoms with Gasteiger partial charge in [-0.25, -0.2) is 0 Å². The molecule has 2 unspecified atom stereocenters. The van der Waals surface area contributed by atoms with Crippen molar-refractivity contribution in [2.24, 2.45) is 0 Å². The first-order valence-corrected chi connectivity index (χ1v) is 6.76. The molecule has 0 radical (unpaired) electrons. The maximum Gasteiger partial charge on any atom is 0.0514 e. The van der Waals surface area contributed by atoms with Gasteiger partial charge in [0.25, 0.3) is 0 Å². The summed E-state index contributed by atoms with van der Waals surface area (Å²) in [5.74, 6) is 0. The Bertz CT molecular complexity index is 354. The average molecular weight is 283 g/mol. The predicted octanol–water partition coefficient (Wildman–Crippen LogP) is 3.03. The minimum Gasteiger partial charge on any atom is -0.365 e. The first kappa shape index (κ1) is 11.9. The predicted molar refractivity (Wildman–Crippen MR) is 73.0 cm³/mol. The molecule has 1 N–H and O–H groups in total. The van der Waals surface area contributed by atoms with E-state index in [1.54, 1.807) is 0 Å². The number of hydrogen-bond donors (Lipinski definition) is 1. The molecule has 1 fully saturated rings. The summed E-state index contributed by atoms with van der Waals surface area (Å²) in [6.45, 7) is 6.68. The molecule has 0 spiro atoms. The molecule has 0 amide bonds. The minimum absolute atomic E-state index is 0.557. The van der Waals surface area contributed by atoms with Crippen molar-refractivity contribution in [3.63, 3.8) is 0 Å². The van der Waals surface area contributed by atoms with Gasteiger partial charge in [-0.1, -0.05) is 19.1 Å². The molecule has 1 heterocycles. The number of anilines is 1. The second-order valence-corrected chi connectivity index (χ2v) is 5.32. The number of benzene rings is 1. The zero-order valence-electron chi connectivity index (χ0n) is 9.91. The topological polar surface area (TPSA) is 15.3 Å². The van der Waals surface area contributed by atoms with Crippen molar-refractivity contribution in [2.45, 2.75) is 32.4 Å². The van der Waals surface area contributed by atoms with Crippen LogP contribution in [0, 0.1) is 0 Å². The molecule has 88 valence electrons. The third-order valence-corrected chi connectivity index (χ3v) is 3.98. The van der Waals surface area contributed by atoms with Crippen LogP contribution in [0.15, 0.2) is 28.7 Å². The molecule has 1 aromatic rings. The molecular formula is C13H19BrN2. The third kappa shape index (κ3) is 2.41. The molecule has 3 heteroatoms. The van der Waals surface area contributed by atoms with E-state index in [4.69, 9.17) is 0 Å². The monoisotopic (exact) mass is 282 g/mol. The second kappa shape index (κ2) is 5.19. The van der Waals surface area contributed by atoms with Crippen LogP contribution in [0.25, 0.3) is 0 Å². The smallest absolute Gasteiger partial charge is 0.0514 e. The van der Waals surface area contributed by atoms with Gasteiger partial charge >= 0.3 is 0 Å². The molecule has 2 nitrogen and oxygen atoms in total. The highest BCUT2D eigenvalue weighted by atomic mass is 79.9. The molecule has 0 aliphatic carbocycles. The van der Waals surface area contributed by atoms with Gasteiger partial charge in [-0.15, -0.1) is 0 Å². The van der Waals surface area contributed by atoms with Crippen LogP contribution < -0.4 is 10.2 Å². The van der Waals surface area contributed by atoms with Crippen molar-refractivity contribution in [2.75, 3.05) is 18.0 Å². The Morgan fingerprint density at radius 1 is 1.44 bits per heavy atom. The number of nitrogens with one attached hydrogen (secondary N) is 1. The Hall–Kier alpha value is -0.540. The number of para-hydroxylation sites is 1. The molecule has 0 saturated carbocycles. The van der Waals surface area contributed by atoms with Crippen LogP contribution in [0.1, 0.15) is 20.3 Å². The highest BCUT2D eigenvalue weighted by Crippen LogP contribution is 2.28. The van der Waals surface area contributed by atoms with Gasteiger partial charge in [-0.05, 0) is 41.4 Å². The lowest BCUT2D eigenvalue weighted by Gasteiger charge is -2.40. The minimum atomic E-state index is 0.557. The zero-order chi connectivity index (χ0) is 11.5. The molecule has 1 saturated heterocycles. The van der Waals surface area contributed by atoms with Crippen LogP contribution in [0.4, 0.5) is 5.69 Å². The zero-order valence-corrected chi connectivity index (χ0v) is 11.5. The summed E-state index contributed by atoms with van der Waals surface area (Å²) < 4.78 is 1.19. The number of rotatable bonds is 2. The molecule has 1 aliphatic heterocycles. The molecule has 2 atom stereocenters. The molecule has 2 rings (SSSR count). The Labute approximate surface area is 106 Å². The second-order valence-electron chi connectivity index (χ2n) is 4.47. The largest absolute Gasteiger partial charge is 0.365 e. The third-order valence-electron chi connectivity index (χ3n) is 3.31. The van der Waals surface area contributed by atoms with Crippen LogP contribution in [0.2, 0.25) is 0 Å². The van der Waals surface area contributed by atoms with E-state index in [1.165, 1.54) is 16.6 Å². The summed E-state index contributed by atoms with van der Waals surface area (Å²) in [5.41, 5.74) is 1.31. The lowest BCUT2D eigenvalue weighted by Crippen LogP contribution is -2.55. The molecule has 0 aromatic heterocycles. The van der Waals surface area contributed by atoms with E-state index < -0.39 is 0 Å². The van der Waals surface area contributed by atoms with E-state index in [0.29, 0.717) is 12.1 Å². The van der Waals surface area contributed by atoms with Gasteiger partial charge in [0.05, 0.1) is 5.69 Å². The quantitative estimate of drug-likeness (QED) is 0.897. The Kier molecular flexibility index (Phi) is 3.87. The number of halogens is 1. The lowest BCUT2D eigenvalue weighted by molar-refractivity contribution is 0.397. The van der Waals surface area contributed by atoms with Gasteiger partial charge in [0.1, 0.15) is 0 Å². The maximum atomic E-state index is 3.64. The SMILES string of the molecule is CCC1CN(c2ccccc2Br)C(C)CN1. The fourth-order valence-electron chi connectivity index (χ4n) is 2.22. The van der Waals surface area contributed by atoms with Crippen molar-refractivity contribution in [1.82, 2.24) is 5.32 Å². The van der Waals surface area contributed by atoms with Gasteiger partial charge in [-0.3, -0.25) is 0 Å². The van der Waals surface area contributed by atoms with Crippen molar-refractivity contribution < 1.29 is 0 Å². The number of piperazine rings is 1. The van der Waals surface area contributed by atoms with Gasteiger partial charge in [0, 0.05) is 29.6 Å². The van der Waals surface area contributed by atoms with Crippen LogP contribution >= 0.6 is 15.9 Å². The highest BCUT2D eigenvalue weighted by Gasteiger charge is 2.24. The first-order chi connectivity index (χ1) is 7.72. The van der Waals surface area contributed by atoms with Gasteiger partial charge < -0.3 is 10.2 Å². The Morgan fingerprint density at radius 3 is 2.88 bits per heavy atom. The summed E-state index contributed by atoms with van der Waals surface area (Å²) in [6, 6.07) is 9.65. The van der Waals surface area contributed by atoms with Crippen LogP contribution in [0.5, 0.6) is 0 Å². The average Bonchev–Trinajstić information content (AvgIpc) is 2.31. The van der Waals surface area contributed by atoms with E-state index in [1.807, 2.05) is 0 Å². The standard InChI is InChI=1S/C13H19BrN2/c1-3-11-9-16(10(2)8-15-11)13-7-5-4-6-12(13)14/h4-7,10-11,15H,3,8-9H2,1-2H3. The van der Waals surface area contributed by atoms with Crippen molar-refractivity contribution in [3.8, 4) is 0 Å². The van der Waals surface area contributed by atoms with E-state index in [0.717, 1.165) is 13.1 Å². The van der Waals surface area contributed by atoms with Crippen LogP contribution in [-0.2, 0) is 0 Å². The lowest BCUT2D eigenvalue weighted by atomic mass is 10.1. The summed E-state index contributed by atoms with van der Waals surface area (Å²) in [6.07, 6.45) is 1.19. The molecular weight excluding hydrogens is 264 g/mol. The highest BCUT2D eigenvalue weighted by molar-refractivity contribution is 9.10. The van der Waals surface area contributed by atoms with Gasteiger partial charge in [-0.2, -0.15) is 0 Å².